The molecule has 0 saturated heterocycles. The Hall–Kier alpha value is -1.42. The minimum absolute atomic E-state index is 0.661. The molecule has 0 fully saturated rings. The van der Waals surface area contributed by atoms with E-state index < -0.39 is 0 Å². The van der Waals surface area contributed by atoms with Gasteiger partial charge in [-0.25, -0.2) is 0 Å². The normalized spacial score (nSPS) is 11.2. The van der Waals surface area contributed by atoms with Crippen LogP contribution in [-0.4, -0.2) is 19.8 Å². The molecule has 2 rings (SSSR count). The van der Waals surface area contributed by atoms with E-state index in [-0.39, 0.29) is 0 Å². The van der Waals surface area contributed by atoms with Crippen LogP contribution >= 0.6 is 11.3 Å². The summed E-state index contributed by atoms with van der Waals surface area (Å²) in [5.74, 6) is 0. The molecule has 0 saturated carbocycles. The molecule has 0 spiro atoms. The highest BCUT2D eigenvalue weighted by Crippen LogP contribution is 2.14. The quantitative estimate of drug-likeness (QED) is 0.744. The lowest BCUT2D eigenvalue weighted by Crippen LogP contribution is -2.18. The standard InChI is InChI=1S/C17H21NOS/c1-15-9-10-17(20-15)14-18-11-13-19-12-5-8-16-6-3-2-4-7-16/h2-10,18H,11-14H2,1H3. The van der Waals surface area contributed by atoms with Crippen molar-refractivity contribution in [2.45, 2.75) is 13.5 Å². The average Bonchev–Trinajstić information content (AvgIpc) is 2.88. The summed E-state index contributed by atoms with van der Waals surface area (Å²) in [4.78, 5) is 2.75. The van der Waals surface area contributed by atoms with Gasteiger partial charge in [0.15, 0.2) is 0 Å². The molecule has 106 valence electrons. The van der Waals surface area contributed by atoms with Crippen LogP contribution in [0.1, 0.15) is 15.3 Å². The summed E-state index contributed by atoms with van der Waals surface area (Å²) in [7, 11) is 0. The third-order valence-electron chi connectivity index (χ3n) is 2.84. The number of aryl methyl sites for hydroxylation is 1. The molecule has 0 amide bonds. The van der Waals surface area contributed by atoms with Crippen molar-refractivity contribution < 1.29 is 4.74 Å². The van der Waals surface area contributed by atoms with E-state index in [1.54, 1.807) is 0 Å². The molecule has 2 aromatic rings. The number of benzene rings is 1. The third-order valence-corrected chi connectivity index (χ3v) is 3.84. The van der Waals surface area contributed by atoms with Crippen molar-refractivity contribution in [2.24, 2.45) is 0 Å². The van der Waals surface area contributed by atoms with Crippen molar-refractivity contribution in [1.29, 1.82) is 0 Å². The summed E-state index contributed by atoms with van der Waals surface area (Å²) in [5.41, 5.74) is 1.21. The highest BCUT2D eigenvalue weighted by atomic mass is 32.1. The van der Waals surface area contributed by atoms with E-state index in [9.17, 15) is 0 Å². The van der Waals surface area contributed by atoms with Gasteiger partial charge in [0.25, 0.3) is 0 Å². The second-order valence-corrected chi connectivity index (χ2v) is 5.95. The van der Waals surface area contributed by atoms with Crippen molar-refractivity contribution in [1.82, 2.24) is 5.32 Å². The van der Waals surface area contributed by atoms with Crippen molar-refractivity contribution in [3.05, 3.63) is 63.9 Å². The summed E-state index contributed by atoms with van der Waals surface area (Å²) < 4.78 is 5.55. The SMILES string of the molecule is Cc1ccc(CNCCOCC=Cc2ccccc2)s1. The molecule has 0 radical (unpaired) electrons. The van der Waals surface area contributed by atoms with Gasteiger partial charge in [0.2, 0.25) is 0 Å². The minimum atomic E-state index is 0.661. The predicted octanol–water partition coefficient (Wildman–Crippen LogP) is 3.88. The topological polar surface area (TPSA) is 21.3 Å². The largest absolute Gasteiger partial charge is 0.376 e. The Morgan fingerprint density at radius 2 is 2.00 bits per heavy atom. The van der Waals surface area contributed by atoms with Crippen LogP contribution < -0.4 is 5.32 Å². The van der Waals surface area contributed by atoms with Crippen LogP contribution in [0.25, 0.3) is 6.08 Å². The Bertz CT molecular complexity index is 519. The second kappa shape index (κ2) is 8.69. The monoisotopic (exact) mass is 287 g/mol. The first-order valence-corrected chi connectivity index (χ1v) is 7.71. The number of nitrogens with one attached hydrogen (secondary N) is 1. The lowest BCUT2D eigenvalue weighted by molar-refractivity contribution is 0.164. The number of rotatable bonds is 8. The van der Waals surface area contributed by atoms with Gasteiger partial charge in [-0.1, -0.05) is 42.5 Å². The van der Waals surface area contributed by atoms with Gasteiger partial charge in [0.05, 0.1) is 13.2 Å². The maximum absolute atomic E-state index is 5.55. The summed E-state index contributed by atoms with van der Waals surface area (Å²) in [5, 5.41) is 3.38. The molecule has 2 nitrogen and oxygen atoms in total. The van der Waals surface area contributed by atoms with Gasteiger partial charge in [-0.05, 0) is 24.6 Å². The Labute approximate surface area is 125 Å². The average molecular weight is 287 g/mol. The molecular weight excluding hydrogens is 266 g/mol. The van der Waals surface area contributed by atoms with E-state index >= 15 is 0 Å². The fourth-order valence-electron chi connectivity index (χ4n) is 1.84. The second-order valence-electron chi connectivity index (χ2n) is 4.58. The minimum Gasteiger partial charge on any atom is -0.376 e. The van der Waals surface area contributed by atoms with Crippen LogP contribution in [-0.2, 0) is 11.3 Å². The first-order chi connectivity index (χ1) is 9.84. The molecule has 1 heterocycles. The van der Waals surface area contributed by atoms with E-state index in [2.05, 4.69) is 48.7 Å². The van der Waals surface area contributed by atoms with Gasteiger partial charge in [-0.2, -0.15) is 0 Å². The molecule has 1 N–H and O–H groups in total. The highest BCUT2D eigenvalue weighted by Gasteiger charge is 1.95. The lowest BCUT2D eigenvalue weighted by atomic mass is 10.2. The van der Waals surface area contributed by atoms with E-state index in [0.29, 0.717) is 6.61 Å². The van der Waals surface area contributed by atoms with Crippen molar-refractivity contribution in [3.63, 3.8) is 0 Å². The van der Waals surface area contributed by atoms with Crippen molar-refractivity contribution >= 4 is 17.4 Å². The zero-order chi connectivity index (χ0) is 14.0. The summed E-state index contributed by atoms with van der Waals surface area (Å²) in [6.45, 7) is 5.35. The Morgan fingerprint density at radius 3 is 2.75 bits per heavy atom. The number of hydrogen-bond acceptors (Lipinski definition) is 3. The predicted molar refractivity (Wildman–Crippen MR) is 87.1 cm³/mol. The maximum Gasteiger partial charge on any atom is 0.0651 e. The zero-order valence-electron chi connectivity index (χ0n) is 11.8. The van der Waals surface area contributed by atoms with Crippen molar-refractivity contribution in [2.75, 3.05) is 19.8 Å². The zero-order valence-corrected chi connectivity index (χ0v) is 12.7. The smallest absolute Gasteiger partial charge is 0.0651 e. The van der Waals surface area contributed by atoms with Gasteiger partial charge in [0, 0.05) is 22.8 Å². The Balaban J connectivity index is 1.51. The molecule has 0 bridgehead atoms. The molecule has 0 aliphatic rings. The summed E-state index contributed by atoms with van der Waals surface area (Å²) in [6, 6.07) is 14.6. The fourth-order valence-corrected chi connectivity index (χ4v) is 2.70. The Kier molecular flexibility index (Phi) is 6.51. The van der Waals surface area contributed by atoms with Gasteiger partial charge >= 0.3 is 0 Å². The summed E-state index contributed by atoms with van der Waals surface area (Å²) >= 11 is 1.84. The number of ether oxygens (including phenoxy) is 1. The van der Waals surface area contributed by atoms with Crippen LogP contribution in [0.2, 0.25) is 0 Å². The molecule has 1 aromatic heterocycles. The molecule has 0 unspecified atom stereocenters. The van der Waals surface area contributed by atoms with Gasteiger partial charge < -0.3 is 10.1 Å². The van der Waals surface area contributed by atoms with E-state index in [0.717, 1.165) is 19.7 Å². The number of thiophene rings is 1. The Morgan fingerprint density at radius 1 is 1.15 bits per heavy atom. The molecule has 0 aliphatic heterocycles. The number of hydrogen-bond donors (Lipinski definition) is 1. The molecule has 3 heteroatoms. The first-order valence-electron chi connectivity index (χ1n) is 6.90. The first kappa shape index (κ1) is 15.0. The van der Waals surface area contributed by atoms with E-state index in [4.69, 9.17) is 4.74 Å². The fraction of sp³-hybridized carbons (Fsp3) is 0.294. The lowest BCUT2D eigenvalue weighted by Gasteiger charge is -2.03. The van der Waals surface area contributed by atoms with Crippen LogP contribution in [0.5, 0.6) is 0 Å². The summed E-state index contributed by atoms with van der Waals surface area (Å²) in [6.07, 6.45) is 4.14. The molecular formula is C17H21NOS. The van der Waals surface area contributed by atoms with Crippen molar-refractivity contribution in [3.8, 4) is 0 Å². The van der Waals surface area contributed by atoms with Crippen LogP contribution in [0.15, 0.2) is 48.5 Å². The highest BCUT2D eigenvalue weighted by molar-refractivity contribution is 7.11. The van der Waals surface area contributed by atoms with E-state index in [1.165, 1.54) is 15.3 Å². The van der Waals surface area contributed by atoms with Crippen LogP contribution in [0, 0.1) is 6.92 Å². The van der Waals surface area contributed by atoms with Gasteiger partial charge in [-0.3, -0.25) is 0 Å². The van der Waals surface area contributed by atoms with E-state index in [1.807, 2.05) is 29.5 Å². The van der Waals surface area contributed by atoms with Crippen LogP contribution in [0.3, 0.4) is 0 Å². The van der Waals surface area contributed by atoms with Crippen LogP contribution in [0.4, 0.5) is 0 Å². The maximum atomic E-state index is 5.55. The molecule has 20 heavy (non-hydrogen) atoms. The molecule has 1 aromatic carbocycles. The third kappa shape index (κ3) is 5.70. The molecule has 0 aliphatic carbocycles. The van der Waals surface area contributed by atoms with Gasteiger partial charge in [0.1, 0.15) is 0 Å². The van der Waals surface area contributed by atoms with Gasteiger partial charge in [-0.15, -0.1) is 11.3 Å². The molecule has 0 atom stereocenters.